The Balaban J connectivity index is 1.50. The Kier molecular flexibility index (Phi) is 5.68. The van der Waals surface area contributed by atoms with Crippen LogP contribution in [0.2, 0.25) is 0 Å². The Hall–Kier alpha value is -1.66. The highest BCUT2D eigenvalue weighted by Gasteiger charge is 2.36. The van der Waals surface area contributed by atoms with Gasteiger partial charge in [0.05, 0.1) is 12.7 Å². The fourth-order valence-corrected chi connectivity index (χ4v) is 3.84. The molecular formula is C18H27N3O3. The van der Waals surface area contributed by atoms with Crippen molar-refractivity contribution in [3.05, 3.63) is 30.1 Å². The molecule has 0 aliphatic carbocycles. The van der Waals surface area contributed by atoms with E-state index in [0.717, 1.165) is 45.4 Å². The normalized spacial score (nSPS) is 25.8. The van der Waals surface area contributed by atoms with E-state index < -0.39 is 0 Å². The summed E-state index contributed by atoms with van der Waals surface area (Å²) < 4.78 is 5.07. The van der Waals surface area contributed by atoms with Gasteiger partial charge in [0, 0.05) is 50.5 Å². The van der Waals surface area contributed by atoms with Gasteiger partial charge >= 0.3 is 6.09 Å². The summed E-state index contributed by atoms with van der Waals surface area (Å²) in [5.41, 5.74) is 1.23. The van der Waals surface area contributed by atoms with Gasteiger partial charge in [-0.25, -0.2) is 4.79 Å². The summed E-state index contributed by atoms with van der Waals surface area (Å²) in [6, 6.07) is 4.49. The van der Waals surface area contributed by atoms with Crippen LogP contribution in [-0.4, -0.2) is 70.9 Å². The zero-order valence-electron chi connectivity index (χ0n) is 14.3. The number of hydrogen-bond acceptors (Lipinski definition) is 5. The molecule has 0 bridgehead atoms. The van der Waals surface area contributed by atoms with Crippen molar-refractivity contribution >= 4 is 6.09 Å². The first-order chi connectivity index (χ1) is 11.7. The van der Waals surface area contributed by atoms with Crippen LogP contribution in [-0.2, 0) is 11.2 Å². The Labute approximate surface area is 143 Å². The smallest absolute Gasteiger partial charge is 0.409 e. The molecule has 6 heteroatoms. The second-order valence-electron chi connectivity index (χ2n) is 6.76. The zero-order valence-corrected chi connectivity index (χ0v) is 14.3. The Morgan fingerprint density at radius 3 is 2.67 bits per heavy atom. The molecule has 1 aromatic rings. The summed E-state index contributed by atoms with van der Waals surface area (Å²) in [6.07, 6.45) is 5.93. The third kappa shape index (κ3) is 4.05. The first-order valence-electron chi connectivity index (χ1n) is 8.90. The first kappa shape index (κ1) is 17.2. The monoisotopic (exact) mass is 333 g/mol. The van der Waals surface area contributed by atoms with Crippen molar-refractivity contribution in [1.82, 2.24) is 14.8 Å². The molecule has 0 aromatic carbocycles. The van der Waals surface area contributed by atoms with Crippen LogP contribution in [0.3, 0.4) is 0 Å². The van der Waals surface area contributed by atoms with Crippen LogP contribution in [0.15, 0.2) is 24.5 Å². The maximum atomic E-state index is 11.8. The standard InChI is InChI=1S/C18H27N3O3/c1-2-24-18(23)20-9-5-16(6-10-20)21-12-15(17(22)13-21)11-14-3-7-19-8-4-14/h3-4,7-8,15-17,22H,2,5-6,9-13H2,1H3/t15-,17+/m1/s1. The van der Waals surface area contributed by atoms with Gasteiger partial charge in [0.15, 0.2) is 0 Å². The molecule has 24 heavy (non-hydrogen) atoms. The number of pyridine rings is 1. The average Bonchev–Trinajstić information content (AvgIpc) is 2.97. The number of β-amino-alcohol motifs (C(OH)–C–C–N with tert-alkyl or cyclic N) is 1. The number of amides is 1. The summed E-state index contributed by atoms with van der Waals surface area (Å²) in [7, 11) is 0. The maximum Gasteiger partial charge on any atom is 0.409 e. The molecule has 2 aliphatic heterocycles. The van der Waals surface area contributed by atoms with Gasteiger partial charge in [0.2, 0.25) is 0 Å². The maximum absolute atomic E-state index is 11.8. The number of piperidine rings is 1. The van der Waals surface area contributed by atoms with Crippen LogP contribution >= 0.6 is 0 Å². The van der Waals surface area contributed by atoms with E-state index in [1.165, 1.54) is 5.56 Å². The van der Waals surface area contributed by atoms with E-state index in [0.29, 0.717) is 12.6 Å². The largest absolute Gasteiger partial charge is 0.450 e. The van der Waals surface area contributed by atoms with Gasteiger partial charge in [0.25, 0.3) is 0 Å². The van der Waals surface area contributed by atoms with Crippen molar-refractivity contribution in [3.63, 3.8) is 0 Å². The molecule has 1 aromatic heterocycles. The molecular weight excluding hydrogens is 306 g/mol. The zero-order chi connectivity index (χ0) is 16.9. The van der Waals surface area contributed by atoms with Crippen molar-refractivity contribution < 1.29 is 14.6 Å². The molecule has 6 nitrogen and oxygen atoms in total. The molecule has 0 saturated carbocycles. The number of carbonyl (C=O) groups is 1. The van der Waals surface area contributed by atoms with Crippen LogP contribution in [0.1, 0.15) is 25.3 Å². The topological polar surface area (TPSA) is 65.9 Å². The lowest BCUT2D eigenvalue weighted by Gasteiger charge is -2.36. The van der Waals surface area contributed by atoms with E-state index in [1.807, 2.05) is 19.1 Å². The minimum Gasteiger partial charge on any atom is -0.450 e. The number of nitrogens with zero attached hydrogens (tertiary/aromatic N) is 3. The third-order valence-electron chi connectivity index (χ3n) is 5.19. The van der Waals surface area contributed by atoms with Crippen molar-refractivity contribution in [2.45, 2.75) is 38.3 Å². The lowest BCUT2D eigenvalue weighted by atomic mass is 9.97. The number of rotatable bonds is 4. The summed E-state index contributed by atoms with van der Waals surface area (Å²) in [6.45, 7) is 5.40. The fraction of sp³-hybridized carbons (Fsp3) is 0.667. The molecule has 2 fully saturated rings. The number of likely N-dealkylation sites (tertiary alicyclic amines) is 2. The second-order valence-corrected chi connectivity index (χ2v) is 6.76. The second kappa shape index (κ2) is 7.94. The van der Waals surface area contributed by atoms with Crippen molar-refractivity contribution in [1.29, 1.82) is 0 Å². The van der Waals surface area contributed by atoms with Gasteiger partial charge in [-0.3, -0.25) is 9.88 Å². The van der Waals surface area contributed by atoms with E-state index >= 15 is 0 Å². The van der Waals surface area contributed by atoms with Gasteiger partial charge in [-0.1, -0.05) is 0 Å². The van der Waals surface area contributed by atoms with E-state index in [-0.39, 0.29) is 18.1 Å². The molecule has 0 radical (unpaired) electrons. The average molecular weight is 333 g/mol. The summed E-state index contributed by atoms with van der Waals surface area (Å²) >= 11 is 0. The lowest BCUT2D eigenvalue weighted by Crippen LogP contribution is -2.46. The number of carbonyl (C=O) groups excluding carboxylic acids is 1. The molecule has 3 heterocycles. The van der Waals surface area contributed by atoms with Crippen LogP contribution in [0.25, 0.3) is 0 Å². The highest BCUT2D eigenvalue weighted by molar-refractivity contribution is 5.67. The number of aliphatic hydroxyl groups is 1. The molecule has 0 unspecified atom stereocenters. The van der Waals surface area contributed by atoms with Crippen LogP contribution < -0.4 is 0 Å². The fourth-order valence-electron chi connectivity index (χ4n) is 3.84. The molecule has 2 saturated heterocycles. The molecule has 3 rings (SSSR count). The minimum absolute atomic E-state index is 0.201. The van der Waals surface area contributed by atoms with Gasteiger partial charge in [-0.2, -0.15) is 0 Å². The number of hydrogen-bond donors (Lipinski definition) is 1. The van der Waals surface area contributed by atoms with Gasteiger partial charge in [-0.05, 0) is 43.9 Å². The quantitative estimate of drug-likeness (QED) is 0.905. The van der Waals surface area contributed by atoms with Crippen molar-refractivity contribution in [2.24, 2.45) is 5.92 Å². The summed E-state index contributed by atoms with van der Waals surface area (Å²) in [5.74, 6) is 0.274. The van der Waals surface area contributed by atoms with Gasteiger partial charge in [-0.15, -0.1) is 0 Å². The Bertz CT molecular complexity index is 532. The third-order valence-corrected chi connectivity index (χ3v) is 5.19. The minimum atomic E-state index is -0.277. The Morgan fingerprint density at radius 1 is 1.29 bits per heavy atom. The van der Waals surface area contributed by atoms with Crippen LogP contribution in [0.4, 0.5) is 4.79 Å². The SMILES string of the molecule is CCOC(=O)N1CCC(N2C[C@@H](Cc3ccncc3)[C@@H](O)C2)CC1. The number of aromatic nitrogens is 1. The molecule has 2 aliphatic rings. The summed E-state index contributed by atoms with van der Waals surface area (Å²) in [5, 5.41) is 10.4. The van der Waals surface area contributed by atoms with E-state index in [9.17, 15) is 9.90 Å². The molecule has 0 spiro atoms. The van der Waals surface area contributed by atoms with Crippen molar-refractivity contribution in [3.8, 4) is 0 Å². The van der Waals surface area contributed by atoms with Gasteiger partial charge in [0.1, 0.15) is 0 Å². The van der Waals surface area contributed by atoms with Gasteiger partial charge < -0.3 is 14.7 Å². The highest BCUT2D eigenvalue weighted by atomic mass is 16.6. The lowest BCUT2D eigenvalue weighted by molar-refractivity contribution is 0.0762. The highest BCUT2D eigenvalue weighted by Crippen LogP contribution is 2.27. The summed E-state index contributed by atoms with van der Waals surface area (Å²) in [4.78, 5) is 20.0. The molecule has 2 atom stereocenters. The number of ether oxygens (including phenoxy) is 1. The first-order valence-corrected chi connectivity index (χ1v) is 8.90. The van der Waals surface area contributed by atoms with E-state index in [4.69, 9.17) is 4.74 Å². The molecule has 1 N–H and O–H groups in total. The molecule has 1 amide bonds. The van der Waals surface area contributed by atoms with Crippen LogP contribution in [0.5, 0.6) is 0 Å². The van der Waals surface area contributed by atoms with E-state index in [2.05, 4.69) is 9.88 Å². The predicted molar refractivity (Wildman–Crippen MR) is 90.6 cm³/mol. The Morgan fingerprint density at radius 2 is 2.00 bits per heavy atom. The molecule has 132 valence electrons. The van der Waals surface area contributed by atoms with Crippen LogP contribution in [0, 0.1) is 5.92 Å². The van der Waals surface area contributed by atoms with E-state index in [1.54, 1.807) is 17.3 Å². The van der Waals surface area contributed by atoms with Crippen molar-refractivity contribution in [2.75, 3.05) is 32.8 Å². The predicted octanol–water partition coefficient (Wildman–Crippen LogP) is 1.54. The number of aliphatic hydroxyl groups excluding tert-OH is 1.